The normalized spacial score (nSPS) is 19.4. The minimum atomic E-state index is 1.25. The summed E-state index contributed by atoms with van der Waals surface area (Å²) in [6.07, 6.45) is 3.68. The molecule has 0 saturated carbocycles. The zero-order valence-electron chi connectivity index (χ0n) is 8.12. The predicted octanol–water partition coefficient (Wildman–Crippen LogP) is 4.94. The number of nitrogens with zero attached hydrogens (tertiary/aromatic N) is 1. The van der Waals surface area contributed by atoms with E-state index in [9.17, 15) is 0 Å². The second-order valence-corrected chi connectivity index (χ2v) is 7.30. The molecule has 16 heavy (non-hydrogen) atoms. The smallest absolute Gasteiger partial charge is 0.0700 e. The summed E-state index contributed by atoms with van der Waals surface area (Å²) in [6.45, 7) is 0. The van der Waals surface area contributed by atoms with Gasteiger partial charge in [0.15, 0.2) is 0 Å². The third-order valence-corrected chi connectivity index (χ3v) is 7.08. The summed E-state index contributed by atoms with van der Waals surface area (Å²) in [4.78, 5) is 5.36. The molecular weight excluding hydrogens is 274 g/mol. The van der Waals surface area contributed by atoms with E-state index in [1.165, 1.54) is 18.9 Å². The molecule has 0 spiro atoms. The summed E-state index contributed by atoms with van der Waals surface area (Å²) in [5.41, 5.74) is 1.25. The lowest BCUT2D eigenvalue weighted by Gasteiger charge is -2.02. The standard InChI is InChI=1S/C11H7NS4/c1-3-12-4-2-8(1)9-7-15-11(16-9)10-13-5-6-14-10/h1-7H. The summed E-state index contributed by atoms with van der Waals surface area (Å²) in [5, 5.41) is 6.50. The Bertz CT molecular complexity index is 480. The Kier molecular flexibility index (Phi) is 3.38. The van der Waals surface area contributed by atoms with Crippen LogP contribution in [0, 0.1) is 0 Å². The first kappa shape index (κ1) is 10.9. The number of aromatic nitrogens is 1. The van der Waals surface area contributed by atoms with Gasteiger partial charge in [-0.2, -0.15) is 0 Å². The fourth-order valence-electron chi connectivity index (χ4n) is 1.29. The van der Waals surface area contributed by atoms with Gasteiger partial charge in [0, 0.05) is 17.3 Å². The Morgan fingerprint density at radius 2 is 1.62 bits per heavy atom. The Morgan fingerprint density at radius 3 is 2.38 bits per heavy atom. The van der Waals surface area contributed by atoms with Crippen molar-refractivity contribution < 1.29 is 0 Å². The van der Waals surface area contributed by atoms with Crippen molar-refractivity contribution >= 4 is 52.0 Å². The molecule has 0 atom stereocenters. The van der Waals surface area contributed by atoms with Crippen LogP contribution in [-0.4, -0.2) is 4.98 Å². The first-order valence-electron chi connectivity index (χ1n) is 4.61. The molecule has 0 aliphatic carbocycles. The Balaban J connectivity index is 1.80. The molecule has 5 heteroatoms. The molecule has 0 N–H and O–H groups in total. The molecule has 0 radical (unpaired) electrons. The molecule has 80 valence electrons. The van der Waals surface area contributed by atoms with E-state index in [4.69, 9.17) is 0 Å². The molecule has 1 aromatic heterocycles. The van der Waals surface area contributed by atoms with Gasteiger partial charge in [0.05, 0.1) is 8.47 Å². The van der Waals surface area contributed by atoms with Crippen molar-refractivity contribution in [3.8, 4) is 0 Å². The van der Waals surface area contributed by atoms with Crippen LogP contribution in [0.2, 0.25) is 0 Å². The second kappa shape index (κ2) is 4.96. The highest BCUT2D eigenvalue weighted by molar-refractivity contribution is 8.35. The molecular formula is C11H7NS4. The van der Waals surface area contributed by atoms with Crippen LogP contribution in [-0.2, 0) is 0 Å². The predicted molar refractivity (Wildman–Crippen MR) is 78.7 cm³/mol. The molecule has 2 aliphatic rings. The molecule has 0 bridgehead atoms. The van der Waals surface area contributed by atoms with Crippen molar-refractivity contribution in [1.29, 1.82) is 0 Å². The average molecular weight is 281 g/mol. The van der Waals surface area contributed by atoms with Crippen molar-refractivity contribution in [2.45, 2.75) is 0 Å². The van der Waals surface area contributed by atoms with Gasteiger partial charge in [0.1, 0.15) is 0 Å². The molecule has 1 nitrogen and oxygen atoms in total. The summed E-state index contributed by atoms with van der Waals surface area (Å²) in [6, 6.07) is 4.11. The van der Waals surface area contributed by atoms with Gasteiger partial charge in [0.25, 0.3) is 0 Å². The first-order valence-corrected chi connectivity index (χ1v) is 8.07. The van der Waals surface area contributed by atoms with Crippen LogP contribution in [0.1, 0.15) is 5.56 Å². The Labute approximate surface area is 111 Å². The van der Waals surface area contributed by atoms with Gasteiger partial charge in [-0.25, -0.2) is 0 Å². The topological polar surface area (TPSA) is 12.9 Å². The maximum atomic E-state index is 4.04. The van der Waals surface area contributed by atoms with E-state index >= 15 is 0 Å². The van der Waals surface area contributed by atoms with Gasteiger partial charge >= 0.3 is 0 Å². The SMILES string of the molecule is C1=CSC(=C2SC=C(c3ccncc3)S2)S1. The fraction of sp³-hybridized carbons (Fsp3) is 0. The number of pyridine rings is 1. The lowest BCUT2D eigenvalue weighted by atomic mass is 10.3. The Hall–Kier alpha value is -0.230. The van der Waals surface area contributed by atoms with Gasteiger partial charge in [0.2, 0.25) is 0 Å². The lowest BCUT2D eigenvalue weighted by Crippen LogP contribution is -1.77. The maximum absolute atomic E-state index is 4.04. The van der Waals surface area contributed by atoms with Gasteiger partial charge < -0.3 is 0 Å². The number of hydrogen-bond acceptors (Lipinski definition) is 5. The van der Waals surface area contributed by atoms with Crippen LogP contribution < -0.4 is 0 Å². The average Bonchev–Trinajstić information content (AvgIpc) is 3.01. The van der Waals surface area contributed by atoms with Crippen molar-refractivity contribution in [3.05, 3.63) is 54.8 Å². The summed E-state index contributed by atoms with van der Waals surface area (Å²) >= 11 is 7.30. The van der Waals surface area contributed by atoms with Crippen LogP contribution in [0.3, 0.4) is 0 Å². The molecule has 3 heterocycles. The molecule has 3 rings (SSSR count). The molecule has 0 amide bonds. The van der Waals surface area contributed by atoms with Crippen molar-refractivity contribution in [2.75, 3.05) is 0 Å². The van der Waals surface area contributed by atoms with Crippen LogP contribution in [0.5, 0.6) is 0 Å². The number of thioether (sulfide) groups is 4. The highest BCUT2D eigenvalue weighted by atomic mass is 32.2. The lowest BCUT2D eigenvalue weighted by molar-refractivity contribution is 1.32. The van der Waals surface area contributed by atoms with E-state index < -0.39 is 0 Å². The van der Waals surface area contributed by atoms with Crippen molar-refractivity contribution in [1.82, 2.24) is 4.98 Å². The fourth-order valence-corrected chi connectivity index (χ4v) is 5.77. The minimum absolute atomic E-state index is 1.25. The number of hydrogen-bond donors (Lipinski definition) is 0. The van der Waals surface area contributed by atoms with Crippen molar-refractivity contribution in [3.63, 3.8) is 0 Å². The third kappa shape index (κ3) is 2.22. The van der Waals surface area contributed by atoms with Crippen LogP contribution in [0.25, 0.3) is 4.91 Å². The highest BCUT2D eigenvalue weighted by Crippen LogP contribution is 2.55. The molecule has 0 unspecified atom stereocenters. The van der Waals surface area contributed by atoms with E-state index in [2.05, 4.69) is 33.3 Å². The van der Waals surface area contributed by atoms with Crippen LogP contribution in [0.15, 0.2) is 49.2 Å². The quantitative estimate of drug-likeness (QED) is 0.721. The molecule has 1 aromatic rings. The van der Waals surface area contributed by atoms with Crippen LogP contribution >= 0.6 is 47.0 Å². The Morgan fingerprint density at radius 1 is 0.875 bits per heavy atom. The zero-order valence-corrected chi connectivity index (χ0v) is 11.4. The van der Waals surface area contributed by atoms with E-state index in [0.29, 0.717) is 0 Å². The second-order valence-electron chi connectivity index (χ2n) is 3.02. The molecule has 0 saturated heterocycles. The van der Waals surface area contributed by atoms with E-state index in [1.807, 2.05) is 59.4 Å². The molecule has 0 aromatic carbocycles. The van der Waals surface area contributed by atoms with Gasteiger partial charge in [-0.15, -0.1) is 0 Å². The highest BCUT2D eigenvalue weighted by Gasteiger charge is 2.19. The molecule has 0 fully saturated rings. The summed E-state index contributed by atoms with van der Waals surface area (Å²) in [5.74, 6) is 0. The van der Waals surface area contributed by atoms with E-state index in [1.54, 1.807) is 0 Å². The van der Waals surface area contributed by atoms with Crippen LogP contribution in [0.4, 0.5) is 0 Å². The van der Waals surface area contributed by atoms with E-state index in [-0.39, 0.29) is 0 Å². The monoisotopic (exact) mass is 281 g/mol. The largest absolute Gasteiger partial charge is 0.265 e. The van der Waals surface area contributed by atoms with Crippen molar-refractivity contribution in [2.24, 2.45) is 0 Å². The maximum Gasteiger partial charge on any atom is 0.0700 e. The zero-order chi connectivity index (χ0) is 10.8. The van der Waals surface area contributed by atoms with Gasteiger partial charge in [-0.05, 0) is 33.9 Å². The number of rotatable bonds is 1. The summed E-state index contributed by atoms with van der Waals surface area (Å²) in [7, 11) is 0. The van der Waals surface area contributed by atoms with Gasteiger partial charge in [-0.1, -0.05) is 47.0 Å². The minimum Gasteiger partial charge on any atom is -0.265 e. The summed E-state index contributed by atoms with van der Waals surface area (Å²) < 4.78 is 2.79. The van der Waals surface area contributed by atoms with Gasteiger partial charge in [-0.3, -0.25) is 4.98 Å². The first-order chi connectivity index (χ1) is 7.93. The third-order valence-electron chi connectivity index (χ3n) is 2.01. The van der Waals surface area contributed by atoms with E-state index in [0.717, 1.165) is 0 Å². The molecule has 2 aliphatic heterocycles.